The van der Waals surface area contributed by atoms with Gasteiger partial charge in [-0.2, -0.15) is 0 Å². The molecule has 0 aromatic heterocycles. The van der Waals surface area contributed by atoms with Gasteiger partial charge in [-0.25, -0.2) is 4.39 Å². The zero-order chi connectivity index (χ0) is 13.7. The zero-order valence-electron chi connectivity index (χ0n) is 11.4. The lowest BCUT2D eigenvalue weighted by Crippen LogP contribution is -2.25. The molecule has 0 amide bonds. The number of anilines is 2. The minimum Gasteiger partial charge on any atom is -0.383 e. The van der Waals surface area contributed by atoms with Crippen LogP contribution in [0.15, 0.2) is 48.5 Å². The first kappa shape index (κ1) is 13.4. The number of halogens is 1. The maximum absolute atomic E-state index is 13.6. The first-order valence-corrected chi connectivity index (χ1v) is 6.43. The summed E-state index contributed by atoms with van der Waals surface area (Å²) >= 11 is 0. The Morgan fingerprint density at radius 2 is 1.74 bits per heavy atom. The van der Waals surface area contributed by atoms with Crippen molar-refractivity contribution in [1.82, 2.24) is 0 Å². The minimum atomic E-state index is -0.180. The molecular formula is C16H19FN2. The van der Waals surface area contributed by atoms with E-state index in [4.69, 9.17) is 0 Å². The van der Waals surface area contributed by atoms with E-state index < -0.39 is 0 Å². The second-order valence-corrected chi connectivity index (χ2v) is 4.61. The molecule has 0 heterocycles. The fourth-order valence-electron chi connectivity index (χ4n) is 2.01. The molecule has 0 saturated carbocycles. The minimum absolute atomic E-state index is 0.180. The van der Waals surface area contributed by atoms with Crippen LogP contribution >= 0.6 is 0 Å². The largest absolute Gasteiger partial charge is 0.383 e. The van der Waals surface area contributed by atoms with Crippen molar-refractivity contribution < 1.29 is 4.39 Å². The van der Waals surface area contributed by atoms with Crippen molar-refractivity contribution in [1.29, 1.82) is 0 Å². The predicted octanol–water partition coefficient (Wildman–Crippen LogP) is 3.68. The first-order chi connectivity index (χ1) is 9.18. The summed E-state index contributed by atoms with van der Waals surface area (Å²) in [7, 11) is 1.90. The highest BCUT2D eigenvalue weighted by molar-refractivity contribution is 5.51. The fraction of sp³-hybridized carbons (Fsp3) is 0.250. The number of para-hydroxylation sites is 2. The van der Waals surface area contributed by atoms with Gasteiger partial charge in [-0.1, -0.05) is 30.3 Å². The van der Waals surface area contributed by atoms with Gasteiger partial charge in [-0.05, 0) is 30.7 Å². The van der Waals surface area contributed by atoms with E-state index in [2.05, 4.69) is 24.4 Å². The summed E-state index contributed by atoms with van der Waals surface area (Å²) < 4.78 is 13.6. The van der Waals surface area contributed by atoms with Gasteiger partial charge in [0.05, 0.1) is 5.69 Å². The number of aryl methyl sites for hydroxylation is 1. The van der Waals surface area contributed by atoms with Crippen LogP contribution in [0.5, 0.6) is 0 Å². The van der Waals surface area contributed by atoms with Crippen molar-refractivity contribution in [3.05, 3.63) is 59.9 Å². The molecule has 2 aromatic carbocycles. The van der Waals surface area contributed by atoms with Crippen LogP contribution in [0, 0.1) is 12.7 Å². The van der Waals surface area contributed by atoms with E-state index in [1.807, 2.05) is 30.1 Å². The molecule has 0 aliphatic carbocycles. The molecular weight excluding hydrogens is 239 g/mol. The van der Waals surface area contributed by atoms with Crippen molar-refractivity contribution in [2.75, 3.05) is 30.4 Å². The number of hydrogen-bond donors (Lipinski definition) is 1. The zero-order valence-corrected chi connectivity index (χ0v) is 11.4. The Labute approximate surface area is 113 Å². The van der Waals surface area contributed by atoms with Crippen molar-refractivity contribution in [3.8, 4) is 0 Å². The molecule has 100 valence electrons. The normalized spacial score (nSPS) is 10.3. The third kappa shape index (κ3) is 3.47. The van der Waals surface area contributed by atoms with Gasteiger partial charge in [-0.3, -0.25) is 0 Å². The highest BCUT2D eigenvalue weighted by Crippen LogP contribution is 2.17. The standard InChI is InChI=1S/C16H19FN2/c1-13-7-3-5-9-15(13)18-11-12-19(2)16-10-6-4-8-14(16)17/h3-10,18H,11-12H2,1-2H3. The summed E-state index contributed by atoms with van der Waals surface area (Å²) in [4.78, 5) is 1.92. The van der Waals surface area contributed by atoms with Gasteiger partial charge in [0.15, 0.2) is 0 Å². The van der Waals surface area contributed by atoms with Gasteiger partial charge in [0.2, 0.25) is 0 Å². The molecule has 0 bridgehead atoms. The Bertz CT molecular complexity index is 540. The molecule has 0 fully saturated rings. The second kappa shape index (κ2) is 6.23. The van der Waals surface area contributed by atoms with E-state index in [0.29, 0.717) is 5.69 Å². The average Bonchev–Trinajstić information content (AvgIpc) is 2.41. The Morgan fingerprint density at radius 1 is 1.05 bits per heavy atom. The van der Waals surface area contributed by atoms with Gasteiger partial charge < -0.3 is 10.2 Å². The molecule has 0 saturated heterocycles. The molecule has 0 aliphatic rings. The lowest BCUT2D eigenvalue weighted by molar-refractivity contribution is 0.623. The van der Waals surface area contributed by atoms with E-state index in [1.54, 1.807) is 12.1 Å². The lowest BCUT2D eigenvalue weighted by atomic mass is 10.2. The van der Waals surface area contributed by atoms with Crippen molar-refractivity contribution in [2.45, 2.75) is 6.92 Å². The number of hydrogen-bond acceptors (Lipinski definition) is 2. The van der Waals surface area contributed by atoms with Gasteiger partial charge in [0.25, 0.3) is 0 Å². The Kier molecular flexibility index (Phi) is 4.39. The maximum Gasteiger partial charge on any atom is 0.146 e. The first-order valence-electron chi connectivity index (χ1n) is 6.43. The topological polar surface area (TPSA) is 15.3 Å². The lowest BCUT2D eigenvalue weighted by Gasteiger charge is -2.20. The third-order valence-electron chi connectivity index (χ3n) is 3.17. The van der Waals surface area contributed by atoms with Crippen LogP contribution in [0.1, 0.15) is 5.56 Å². The molecule has 0 radical (unpaired) electrons. The molecule has 0 unspecified atom stereocenters. The summed E-state index contributed by atoms with van der Waals surface area (Å²) in [6.07, 6.45) is 0. The van der Waals surface area contributed by atoms with Crippen molar-refractivity contribution in [2.24, 2.45) is 0 Å². The van der Waals surface area contributed by atoms with E-state index >= 15 is 0 Å². The molecule has 0 aliphatic heterocycles. The van der Waals surface area contributed by atoms with Crippen LogP contribution in [-0.4, -0.2) is 20.1 Å². The van der Waals surface area contributed by atoms with E-state index in [9.17, 15) is 4.39 Å². The predicted molar refractivity (Wildman–Crippen MR) is 79.3 cm³/mol. The third-order valence-corrected chi connectivity index (χ3v) is 3.17. The van der Waals surface area contributed by atoms with Crippen LogP contribution in [-0.2, 0) is 0 Å². The van der Waals surface area contributed by atoms with Crippen molar-refractivity contribution in [3.63, 3.8) is 0 Å². The summed E-state index contributed by atoms with van der Waals surface area (Å²) in [6, 6.07) is 15.0. The van der Waals surface area contributed by atoms with Crippen LogP contribution in [0.3, 0.4) is 0 Å². The highest BCUT2D eigenvalue weighted by atomic mass is 19.1. The van der Waals surface area contributed by atoms with Crippen LogP contribution in [0.25, 0.3) is 0 Å². The molecule has 2 rings (SSSR count). The molecule has 19 heavy (non-hydrogen) atoms. The van der Waals surface area contributed by atoms with E-state index in [1.165, 1.54) is 11.6 Å². The molecule has 0 atom stereocenters. The molecule has 1 N–H and O–H groups in total. The van der Waals surface area contributed by atoms with Gasteiger partial charge >= 0.3 is 0 Å². The molecule has 2 aromatic rings. The summed E-state index contributed by atoms with van der Waals surface area (Å²) in [5.41, 5.74) is 2.98. The summed E-state index contributed by atoms with van der Waals surface area (Å²) in [5, 5.41) is 3.37. The molecule has 2 nitrogen and oxygen atoms in total. The number of rotatable bonds is 5. The number of nitrogens with one attached hydrogen (secondary N) is 1. The summed E-state index contributed by atoms with van der Waals surface area (Å²) in [6.45, 7) is 3.59. The van der Waals surface area contributed by atoms with Gasteiger partial charge in [-0.15, -0.1) is 0 Å². The quantitative estimate of drug-likeness (QED) is 0.880. The Hall–Kier alpha value is -2.03. The monoisotopic (exact) mass is 258 g/mol. The molecule has 0 spiro atoms. The SMILES string of the molecule is Cc1ccccc1NCCN(C)c1ccccc1F. The molecule has 3 heteroatoms. The second-order valence-electron chi connectivity index (χ2n) is 4.61. The average molecular weight is 258 g/mol. The van der Waals surface area contributed by atoms with Crippen molar-refractivity contribution >= 4 is 11.4 Å². The van der Waals surface area contributed by atoms with E-state index in [-0.39, 0.29) is 5.82 Å². The maximum atomic E-state index is 13.6. The highest BCUT2D eigenvalue weighted by Gasteiger charge is 2.05. The smallest absolute Gasteiger partial charge is 0.146 e. The number of nitrogens with zero attached hydrogens (tertiary/aromatic N) is 1. The number of benzene rings is 2. The van der Waals surface area contributed by atoms with Gasteiger partial charge in [0.1, 0.15) is 5.82 Å². The summed E-state index contributed by atoms with van der Waals surface area (Å²) in [5.74, 6) is -0.180. The Balaban J connectivity index is 1.90. The number of likely N-dealkylation sites (N-methyl/N-ethyl adjacent to an activating group) is 1. The fourth-order valence-corrected chi connectivity index (χ4v) is 2.01. The van der Waals surface area contributed by atoms with Crippen LogP contribution in [0.2, 0.25) is 0 Å². The van der Waals surface area contributed by atoms with Gasteiger partial charge in [0, 0.05) is 25.8 Å². The van der Waals surface area contributed by atoms with Crippen LogP contribution < -0.4 is 10.2 Å². The van der Waals surface area contributed by atoms with Crippen LogP contribution in [0.4, 0.5) is 15.8 Å². The van der Waals surface area contributed by atoms with E-state index in [0.717, 1.165) is 18.8 Å². The Morgan fingerprint density at radius 3 is 2.47 bits per heavy atom.